The number of rotatable bonds is 8. The first-order valence-corrected chi connectivity index (χ1v) is 7.92. The van der Waals surface area contributed by atoms with Gasteiger partial charge < -0.3 is 14.6 Å². The van der Waals surface area contributed by atoms with Crippen LogP contribution in [0.4, 0.5) is 0 Å². The Labute approximate surface area is 131 Å². The van der Waals surface area contributed by atoms with Gasteiger partial charge in [-0.15, -0.1) is 0 Å². The quantitative estimate of drug-likeness (QED) is 0.748. The fourth-order valence-electron chi connectivity index (χ4n) is 2.79. The summed E-state index contributed by atoms with van der Waals surface area (Å²) in [6, 6.07) is 5.46. The molecule has 1 aliphatic heterocycles. The summed E-state index contributed by atoms with van der Waals surface area (Å²) >= 11 is 0. The lowest BCUT2D eigenvalue weighted by molar-refractivity contribution is -0.142. The number of aliphatic carboxylic acids is 1. The van der Waals surface area contributed by atoms with Gasteiger partial charge in [-0.2, -0.15) is 0 Å². The van der Waals surface area contributed by atoms with Gasteiger partial charge in [-0.25, -0.2) is 0 Å². The largest absolute Gasteiger partial charge is 0.493 e. The molecule has 5 nitrogen and oxygen atoms in total. The molecule has 1 aliphatic rings. The van der Waals surface area contributed by atoms with Gasteiger partial charge in [-0.05, 0) is 43.5 Å². The molecule has 0 aromatic heterocycles. The van der Waals surface area contributed by atoms with E-state index in [4.69, 9.17) is 9.47 Å². The van der Waals surface area contributed by atoms with Crippen molar-refractivity contribution in [2.45, 2.75) is 45.2 Å². The van der Waals surface area contributed by atoms with E-state index >= 15 is 0 Å². The number of hydrogen-bond donors (Lipinski definition) is 1. The number of nitrogens with zero attached hydrogens (tertiary/aromatic N) is 1. The summed E-state index contributed by atoms with van der Waals surface area (Å²) in [5.74, 6) is 0.723. The lowest BCUT2D eigenvalue weighted by Crippen LogP contribution is -2.35. The van der Waals surface area contributed by atoms with Gasteiger partial charge in [0, 0.05) is 6.54 Å². The van der Waals surface area contributed by atoms with Crippen LogP contribution in [0.3, 0.4) is 0 Å². The Balaban J connectivity index is 2.07. The third-order valence-corrected chi connectivity index (χ3v) is 4.02. The monoisotopic (exact) mass is 307 g/mol. The molecule has 0 spiro atoms. The summed E-state index contributed by atoms with van der Waals surface area (Å²) in [4.78, 5) is 13.3. The predicted molar refractivity (Wildman–Crippen MR) is 84.5 cm³/mol. The lowest BCUT2D eigenvalue weighted by Gasteiger charge is -2.21. The number of hydrogen-bond acceptors (Lipinski definition) is 4. The van der Waals surface area contributed by atoms with Crippen molar-refractivity contribution in [3.05, 3.63) is 23.8 Å². The molecule has 1 aromatic rings. The maximum atomic E-state index is 11.3. The Morgan fingerprint density at radius 1 is 1.41 bits per heavy atom. The van der Waals surface area contributed by atoms with Crippen molar-refractivity contribution in [2.75, 3.05) is 20.3 Å². The molecule has 22 heavy (non-hydrogen) atoms. The highest BCUT2D eigenvalue weighted by Crippen LogP contribution is 2.30. The van der Waals surface area contributed by atoms with Crippen LogP contribution < -0.4 is 9.47 Å². The van der Waals surface area contributed by atoms with Crippen molar-refractivity contribution >= 4 is 5.97 Å². The second-order valence-electron chi connectivity index (χ2n) is 5.65. The van der Waals surface area contributed by atoms with Crippen LogP contribution in [-0.4, -0.2) is 42.3 Å². The van der Waals surface area contributed by atoms with Crippen LogP contribution in [0.15, 0.2) is 18.2 Å². The Morgan fingerprint density at radius 3 is 2.91 bits per heavy atom. The number of ether oxygens (including phenoxy) is 2. The van der Waals surface area contributed by atoms with E-state index in [9.17, 15) is 9.90 Å². The second kappa shape index (κ2) is 8.03. The standard InChI is InChI=1S/C17H25NO4/c1-3-4-10-22-16-11-13(7-8-15(16)21-2)12-18-9-5-6-14(18)17(19)20/h7-8,11,14H,3-6,9-10,12H2,1-2H3,(H,19,20)/t14-/m0/s1. The summed E-state index contributed by atoms with van der Waals surface area (Å²) in [6.45, 7) is 4.24. The minimum absolute atomic E-state index is 0.369. The molecule has 5 heteroatoms. The van der Waals surface area contributed by atoms with Crippen LogP contribution in [0.2, 0.25) is 0 Å². The van der Waals surface area contributed by atoms with Gasteiger partial charge >= 0.3 is 5.97 Å². The Kier molecular flexibility index (Phi) is 6.07. The van der Waals surface area contributed by atoms with Crippen molar-refractivity contribution in [2.24, 2.45) is 0 Å². The predicted octanol–water partition coefficient (Wildman–Crippen LogP) is 2.92. The molecule has 1 aromatic carbocycles. The topological polar surface area (TPSA) is 59.0 Å². The zero-order valence-corrected chi connectivity index (χ0v) is 13.4. The van der Waals surface area contributed by atoms with Crippen molar-refractivity contribution in [3.8, 4) is 11.5 Å². The van der Waals surface area contributed by atoms with E-state index < -0.39 is 5.97 Å². The van der Waals surface area contributed by atoms with E-state index in [-0.39, 0.29) is 6.04 Å². The molecule has 1 fully saturated rings. The molecule has 1 atom stereocenters. The molecule has 0 unspecified atom stereocenters. The maximum Gasteiger partial charge on any atom is 0.320 e. The van der Waals surface area contributed by atoms with Gasteiger partial charge in [0.1, 0.15) is 6.04 Å². The number of benzene rings is 1. The molecular formula is C17H25NO4. The van der Waals surface area contributed by atoms with E-state index in [0.29, 0.717) is 13.2 Å². The number of carbonyl (C=O) groups is 1. The average Bonchev–Trinajstić information content (AvgIpc) is 2.96. The van der Waals surface area contributed by atoms with E-state index in [2.05, 4.69) is 6.92 Å². The molecule has 0 bridgehead atoms. The SMILES string of the molecule is CCCCOc1cc(CN2CCC[C@H]2C(=O)O)ccc1OC. The van der Waals surface area contributed by atoms with Gasteiger partial charge in [0.2, 0.25) is 0 Å². The first kappa shape index (κ1) is 16.6. The summed E-state index contributed by atoms with van der Waals surface area (Å²) < 4.78 is 11.1. The van der Waals surface area contributed by atoms with Crippen LogP contribution in [0.25, 0.3) is 0 Å². The van der Waals surface area contributed by atoms with E-state index in [1.54, 1.807) is 7.11 Å². The summed E-state index contributed by atoms with van der Waals surface area (Å²) in [6.07, 6.45) is 3.75. The first-order chi connectivity index (χ1) is 10.7. The summed E-state index contributed by atoms with van der Waals surface area (Å²) in [7, 11) is 1.63. The van der Waals surface area contributed by atoms with Crippen LogP contribution in [0.5, 0.6) is 11.5 Å². The number of carboxylic acid groups (broad SMARTS) is 1. The molecular weight excluding hydrogens is 282 g/mol. The number of methoxy groups -OCH3 is 1. The minimum atomic E-state index is -0.731. The smallest absolute Gasteiger partial charge is 0.320 e. The zero-order valence-electron chi connectivity index (χ0n) is 13.4. The highest BCUT2D eigenvalue weighted by molar-refractivity contribution is 5.73. The molecule has 1 heterocycles. The van der Waals surface area contributed by atoms with Gasteiger partial charge in [0.05, 0.1) is 13.7 Å². The zero-order chi connectivity index (χ0) is 15.9. The van der Waals surface area contributed by atoms with E-state index in [1.165, 1.54) is 0 Å². The van der Waals surface area contributed by atoms with Crippen LogP contribution >= 0.6 is 0 Å². The maximum absolute atomic E-state index is 11.3. The molecule has 0 saturated carbocycles. The fraction of sp³-hybridized carbons (Fsp3) is 0.588. The minimum Gasteiger partial charge on any atom is -0.493 e. The Hall–Kier alpha value is -1.75. The van der Waals surface area contributed by atoms with Crippen molar-refractivity contribution in [1.82, 2.24) is 4.90 Å². The normalized spacial score (nSPS) is 18.4. The number of likely N-dealkylation sites (tertiary alicyclic amines) is 1. The highest BCUT2D eigenvalue weighted by atomic mass is 16.5. The van der Waals surface area contributed by atoms with Crippen LogP contribution in [0.1, 0.15) is 38.2 Å². The molecule has 0 radical (unpaired) electrons. The number of unbranched alkanes of at least 4 members (excludes halogenated alkanes) is 1. The van der Waals surface area contributed by atoms with Crippen molar-refractivity contribution in [1.29, 1.82) is 0 Å². The van der Waals surface area contributed by atoms with E-state index in [1.807, 2.05) is 23.1 Å². The van der Waals surface area contributed by atoms with Gasteiger partial charge in [0.25, 0.3) is 0 Å². The third-order valence-electron chi connectivity index (χ3n) is 4.02. The van der Waals surface area contributed by atoms with Gasteiger partial charge in [-0.3, -0.25) is 9.69 Å². The number of carboxylic acids is 1. The Bertz CT molecular complexity index is 503. The molecule has 122 valence electrons. The molecule has 0 aliphatic carbocycles. The summed E-state index contributed by atoms with van der Waals surface area (Å²) in [5.41, 5.74) is 1.06. The summed E-state index contributed by atoms with van der Waals surface area (Å²) in [5, 5.41) is 9.26. The van der Waals surface area contributed by atoms with Gasteiger partial charge in [0.15, 0.2) is 11.5 Å². The van der Waals surface area contributed by atoms with Gasteiger partial charge in [-0.1, -0.05) is 19.4 Å². The van der Waals surface area contributed by atoms with Crippen molar-refractivity contribution < 1.29 is 19.4 Å². The average molecular weight is 307 g/mol. The first-order valence-electron chi connectivity index (χ1n) is 7.92. The molecule has 0 amide bonds. The Morgan fingerprint density at radius 2 is 2.23 bits per heavy atom. The second-order valence-corrected chi connectivity index (χ2v) is 5.65. The highest BCUT2D eigenvalue weighted by Gasteiger charge is 2.30. The lowest BCUT2D eigenvalue weighted by atomic mass is 10.1. The third kappa shape index (κ3) is 4.13. The fourth-order valence-corrected chi connectivity index (χ4v) is 2.79. The van der Waals surface area contributed by atoms with Crippen LogP contribution in [0, 0.1) is 0 Å². The van der Waals surface area contributed by atoms with Crippen LogP contribution in [-0.2, 0) is 11.3 Å². The molecule has 1 N–H and O–H groups in total. The molecule has 2 rings (SSSR count). The van der Waals surface area contributed by atoms with E-state index in [0.717, 1.165) is 49.3 Å². The molecule has 1 saturated heterocycles. The van der Waals surface area contributed by atoms with Crippen molar-refractivity contribution in [3.63, 3.8) is 0 Å².